The van der Waals surface area contributed by atoms with Crippen LogP contribution in [0.15, 0.2) is 30.6 Å². The number of phenolic OH excluding ortho intramolecular Hbond substituents is 1. The van der Waals surface area contributed by atoms with Crippen LogP contribution in [0.4, 0.5) is 0 Å². The monoisotopic (exact) mass is 159 g/mol. The van der Waals surface area contributed by atoms with Crippen LogP contribution in [0.2, 0.25) is 0 Å². The van der Waals surface area contributed by atoms with Crippen molar-refractivity contribution in [2.45, 2.75) is 6.92 Å². The molecule has 2 nitrogen and oxygen atoms in total. The number of nitrogens with zero attached hydrogens (tertiary/aromatic N) is 1. The number of benzene rings is 1. The molecular formula is C10H9NO. The average Bonchev–Trinajstić information content (AvgIpc) is 2.04. The first kappa shape index (κ1) is 7.10. The molecule has 0 saturated carbocycles. The quantitative estimate of drug-likeness (QED) is 0.639. The summed E-state index contributed by atoms with van der Waals surface area (Å²) < 4.78 is 0. The number of aromatic nitrogens is 1. The Morgan fingerprint density at radius 3 is 3.00 bits per heavy atom. The minimum absolute atomic E-state index is 0.311. The molecule has 1 heterocycles. The van der Waals surface area contributed by atoms with Crippen LogP contribution in [0.5, 0.6) is 5.75 Å². The van der Waals surface area contributed by atoms with Crippen LogP contribution in [-0.2, 0) is 0 Å². The number of fused-ring (bicyclic) bond motifs is 1. The number of rotatable bonds is 0. The van der Waals surface area contributed by atoms with Crippen LogP contribution >= 0.6 is 0 Å². The lowest BCUT2D eigenvalue weighted by Crippen LogP contribution is -1.79. The first-order valence-electron chi connectivity index (χ1n) is 3.81. The molecule has 0 atom stereocenters. The second kappa shape index (κ2) is 2.48. The molecule has 2 heteroatoms. The largest absolute Gasteiger partial charge is 0.508 e. The lowest BCUT2D eigenvalue weighted by atomic mass is 10.1. The van der Waals surface area contributed by atoms with Gasteiger partial charge in [0, 0.05) is 17.8 Å². The Hall–Kier alpha value is -1.57. The van der Waals surface area contributed by atoms with Gasteiger partial charge >= 0.3 is 0 Å². The maximum absolute atomic E-state index is 9.29. The molecule has 0 aliphatic rings. The summed E-state index contributed by atoms with van der Waals surface area (Å²) in [7, 11) is 0. The maximum Gasteiger partial charge on any atom is 0.116 e. The van der Waals surface area contributed by atoms with E-state index >= 15 is 0 Å². The smallest absolute Gasteiger partial charge is 0.116 e. The molecule has 0 aliphatic heterocycles. The van der Waals surface area contributed by atoms with Crippen LogP contribution in [0.1, 0.15) is 5.56 Å². The van der Waals surface area contributed by atoms with Crippen molar-refractivity contribution in [3.8, 4) is 5.75 Å². The van der Waals surface area contributed by atoms with Gasteiger partial charge in [0.2, 0.25) is 0 Å². The summed E-state index contributed by atoms with van der Waals surface area (Å²) in [5.74, 6) is 0.311. The molecule has 1 aromatic heterocycles. The highest BCUT2D eigenvalue weighted by Gasteiger charge is 1.98. The van der Waals surface area contributed by atoms with E-state index in [9.17, 15) is 5.11 Å². The zero-order valence-corrected chi connectivity index (χ0v) is 6.78. The summed E-state index contributed by atoms with van der Waals surface area (Å²) in [6.45, 7) is 1.96. The van der Waals surface area contributed by atoms with Crippen molar-refractivity contribution in [2.75, 3.05) is 0 Å². The van der Waals surface area contributed by atoms with Crippen molar-refractivity contribution in [2.24, 2.45) is 0 Å². The molecule has 2 rings (SSSR count). The summed E-state index contributed by atoms with van der Waals surface area (Å²) in [6, 6.07) is 5.37. The molecule has 1 aromatic carbocycles. The minimum atomic E-state index is 0.311. The highest BCUT2D eigenvalue weighted by Crippen LogP contribution is 2.22. The number of aryl methyl sites for hydroxylation is 1. The first-order valence-corrected chi connectivity index (χ1v) is 3.81. The summed E-state index contributed by atoms with van der Waals surface area (Å²) >= 11 is 0. The van der Waals surface area contributed by atoms with Crippen molar-refractivity contribution in [1.82, 2.24) is 4.98 Å². The van der Waals surface area contributed by atoms with E-state index in [1.54, 1.807) is 18.3 Å². The van der Waals surface area contributed by atoms with Gasteiger partial charge in [-0.1, -0.05) is 0 Å². The molecule has 0 aliphatic carbocycles. The normalized spacial score (nSPS) is 10.4. The van der Waals surface area contributed by atoms with Crippen LogP contribution in [0.3, 0.4) is 0 Å². The van der Waals surface area contributed by atoms with Gasteiger partial charge in [-0.2, -0.15) is 0 Å². The zero-order valence-electron chi connectivity index (χ0n) is 6.78. The van der Waals surface area contributed by atoms with E-state index in [1.807, 2.05) is 19.2 Å². The minimum Gasteiger partial charge on any atom is -0.508 e. The second-order valence-electron chi connectivity index (χ2n) is 2.86. The third-order valence-corrected chi connectivity index (χ3v) is 1.95. The molecule has 0 radical (unpaired) electrons. The van der Waals surface area contributed by atoms with Crippen LogP contribution in [-0.4, -0.2) is 10.1 Å². The Kier molecular flexibility index (Phi) is 1.47. The highest BCUT2D eigenvalue weighted by atomic mass is 16.3. The topological polar surface area (TPSA) is 33.1 Å². The van der Waals surface area contributed by atoms with Gasteiger partial charge in [0.25, 0.3) is 0 Å². The molecule has 0 saturated heterocycles. The summed E-state index contributed by atoms with van der Waals surface area (Å²) in [4.78, 5) is 4.02. The fraction of sp³-hybridized carbons (Fsp3) is 0.100. The highest BCUT2D eigenvalue weighted by molar-refractivity contribution is 5.85. The Bertz CT molecular complexity index is 423. The van der Waals surface area contributed by atoms with Crippen molar-refractivity contribution < 1.29 is 5.11 Å². The van der Waals surface area contributed by atoms with Crippen molar-refractivity contribution in [1.29, 1.82) is 0 Å². The lowest BCUT2D eigenvalue weighted by Gasteiger charge is -2.01. The number of phenols is 1. The predicted molar refractivity (Wildman–Crippen MR) is 48.1 cm³/mol. The van der Waals surface area contributed by atoms with Crippen molar-refractivity contribution in [3.05, 3.63) is 36.2 Å². The van der Waals surface area contributed by atoms with Gasteiger partial charge in [0.05, 0.1) is 0 Å². The summed E-state index contributed by atoms with van der Waals surface area (Å²) in [6.07, 6.45) is 3.53. The second-order valence-corrected chi connectivity index (χ2v) is 2.86. The molecule has 0 spiro atoms. The number of hydrogen-bond acceptors (Lipinski definition) is 2. The van der Waals surface area contributed by atoms with Crippen molar-refractivity contribution in [3.63, 3.8) is 0 Å². The standard InChI is InChI=1S/C10H9NO/c1-7-4-9(12)5-8-2-3-11-6-10(7)8/h2-6,12H,1H3. The van der Waals surface area contributed by atoms with E-state index in [4.69, 9.17) is 0 Å². The third-order valence-electron chi connectivity index (χ3n) is 1.95. The van der Waals surface area contributed by atoms with E-state index < -0.39 is 0 Å². The average molecular weight is 159 g/mol. The molecule has 1 N–H and O–H groups in total. The van der Waals surface area contributed by atoms with E-state index in [1.165, 1.54) is 0 Å². The number of pyridine rings is 1. The van der Waals surface area contributed by atoms with Crippen LogP contribution in [0, 0.1) is 6.92 Å². The van der Waals surface area contributed by atoms with Crippen LogP contribution in [0.25, 0.3) is 10.8 Å². The Morgan fingerprint density at radius 1 is 1.33 bits per heavy atom. The molecule has 12 heavy (non-hydrogen) atoms. The number of aromatic hydroxyl groups is 1. The van der Waals surface area contributed by atoms with E-state index in [2.05, 4.69) is 4.98 Å². The molecular weight excluding hydrogens is 150 g/mol. The molecule has 2 aromatic rings. The third kappa shape index (κ3) is 1.01. The Labute approximate surface area is 70.5 Å². The number of hydrogen-bond donors (Lipinski definition) is 1. The fourth-order valence-corrected chi connectivity index (χ4v) is 1.36. The Morgan fingerprint density at radius 2 is 2.17 bits per heavy atom. The van der Waals surface area contributed by atoms with Gasteiger partial charge in [0.1, 0.15) is 5.75 Å². The molecule has 0 bridgehead atoms. The first-order chi connectivity index (χ1) is 5.77. The van der Waals surface area contributed by atoms with E-state index in [0.717, 1.165) is 16.3 Å². The molecule has 0 amide bonds. The van der Waals surface area contributed by atoms with E-state index in [0.29, 0.717) is 5.75 Å². The summed E-state index contributed by atoms with van der Waals surface area (Å²) in [5.41, 5.74) is 1.05. The SMILES string of the molecule is Cc1cc(O)cc2ccncc12. The van der Waals surface area contributed by atoms with Gasteiger partial charge in [-0.15, -0.1) is 0 Å². The van der Waals surface area contributed by atoms with Gasteiger partial charge in [0.15, 0.2) is 0 Å². The fourth-order valence-electron chi connectivity index (χ4n) is 1.36. The summed E-state index contributed by atoms with van der Waals surface area (Å²) in [5, 5.41) is 11.4. The maximum atomic E-state index is 9.29. The van der Waals surface area contributed by atoms with Crippen LogP contribution < -0.4 is 0 Å². The lowest BCUT2D eigenvalue weighted by molar-refractivity contribution is 0.476. The molecule has 60 valence electrons. The van der Waals surface area contributed by atoms with Gasteiger partial charge in [-0.05, 0) is 36.1 Å². The zero-order chi connectivity index (χ0) is 8.55. The van der Waals surface area contributed by atoms with E-state index in [-0.39, 0.29) is 0 Å². The van der Waals surface area contributed by atoms with Gasteiger partial charge in [-0.3, -0.25) is 4.98 Å². The van der Waals surface area contributed by atoms with Crippen molar-refractivity contribution >= 4 is 10.8 Å². The molecule has 0 fully saturated rings. The molecule has 0 unspecified atom stereocenters. The Balaban J connectivity index is 2.89. The van der Waals surface area contributed by atoms with Gasteiger partial charge < -0.3 is 5.11 Å². The predicted octanol–water partition coefficient (Wildman–Crippen LogP) is 2.25. The van der Waals surface area contributed by atoms with Gasteiger partial charge in [-0.25, -0.2) is 0 Å².